The number of hydrogen-bond acceptors (Lipinski definition) is 7. The SMILES string of the molecule is CN1C(=O)C2(CCC2)c2c1cnc1cc(F)c(-c3cnc(OCCCN4CCC(F)CC4)c(NS(C)(=O)=O)c3)cc21.Cl. The molecular formula is C29H34ClF2N5O4S. The fourth-order valence-corrected chi connectivity index (χ4v) is 6.83. The number of nitrogens with zero attached hydrogens (tertiary/aromatic N) is 4. The molecule has 3 aromatic rings. The minimum atomic E-state index is -3.69. The molecule has 0 unspecified atom stereocenters. The zero-order valence-corrected chi connectivity index (χ0v) is 25.2. The molecule has 9 nitrogen and oxygen atoms in total. The minimum absolute atomic E-state index is 0. The number of amides is 1. The van der Waals surface area contributed by atoms with Gasteiger partial charge in [-0.15, -0.1) is 12.4 Å². The van der Waals surface area contributed by atoms with Gasteiger partial charge in [-0.2, -0.15) is 0 Å². The molecule has 3 aliphatic rings. The number of pyridine rings is 2. The van der Waals surface area contributed by atoms with Gasteiger partial charge >= 0.3 is 0 Å². The van der Waals surface area contributed by atoms with Crippen LogP contribution in [0.1, 0.15) is 44.1 Å². The van der Waals surface area contributed by atoms with Gasteiger partial charge in [-0.25, -0.2) is 22.2 Å². The van der Waals surface area contributed by atoms with Crippen LogP contribution in [0.25, 0.3) is 22.0 Å². The van der Waals surface area contributed by atoms with E-state index >= 15 is 4.39 Å². The summed E-state index contributed by atoms with van der Waals surface area (Å²) >= 11 is 0. The van der Waals surface area contributed by atoms with Crippen molar-refractivity contribution in [3.8, 4) is 17.0 Å². The first-order valence-corrected chi connectivity index (χ1v) is 15.8. The molecule has 4 heterocycles. The van der Waals surface area contributed by atoms with Gasteiger partial charge in [0.1, 0.15) is 17.7 Å². The van der Waals surface area contributed by atoms with Crippen LogP contribution in [0.2, 0.25) is 0 Å². The van der Waals surface area contributed by atoms with Gasteiger partial charge in [-0.05, 0) is 44.2 Å². The summed E-state index contributed by atoms with van der Waals surface area (Å²) in [6, 6.07) is 4.54. The third-order valence-electron chi connectivity index (χ3n) is 8.53. The van der Waals surface area contributed by atoms with E-state index in [0.717, 1.165) is 43.3 Å². The van der Waals surface area contributed by atoms with Crippen molar-refractivity contribution >= 4 is 50.6 Å². The van der Waals surface area contributed by atoms with Gasteiger partial charge < -0.3 is 14.5 Å². The normalized spacial score (nSPS) is 18.6. The number of anilines is 2. The Morgan fingerprint density at radius 1 is 1.14 bits per heavy atom. The molecule has 0 bridgehead atoms. The molecule has 1 spiro atoms. The third-order valence-corrected chi connectivity index (χ3v) is 9.12. The second kappa shape index (κ2) is 11.5. The van der Waals surface area contributed by atoms with E-state index < -0.39 is 27.4 Å². The molecule has 1 amide bonds. The molecule has 1 aromatic carbocycles. The Labute approximate surface area is 250 Å². The Hall–Kier alpha value is -3.09. The Bertz CT molecular complexity index is 1630. The quantitative estimate of drug-likeness (QED) is 0.359. The van der Waals surface area contributed by atoms with Gasteiger partial charge in [-0.1, -0.05) is 6.42 Å². The summed E-state index contributed by atoms with van der Waals surface area (Å²) in [5.74, 6) is -0.414. The number of ether oxygens (including phenoxy) is 1. The van der Waals surface area contributed by atoms with E-state index in [-0.39, 0.29) is 42.1 Å². The molecule has 13 heteroatoms. The van der Waals surface area contributed by atoms with E-state index in [1.165, 1.54) is 18.3 Å². The Balaban J connectivity index is 0.00000353. The fourth-order valence-electron chi connectivity index (χ4n) is 6.28. The van der Waals surface area contributed by atoms with Crippen molar-refractivity contribution in [3.63, 3.8) is 0 Å². The number of carbonyl (C=O) groups is 1. The maximum absolute atomic E-state index is 15.5. The number of hydrogen-bond donors (Lipinski definition) is 1. The molecule has 0 atom stereocenters. The summed E-state index contributed by atoms with van der Waals surface area (Å²) in [7, 11) is -1.95. The molecule has 42 heavy (non-hydrogen) atoms. The Kier molecular flexibility index (Phi) is 8.34. The van der Waals surface area contributed by atoms with Crippen LogP contribution in [0.4, 0.5) is 20.2 Å². The monoisotopic (exact) mass is 621 g/mol. The number of halogens is 3. The summed E-state index contributed by atoms with van der Waals surface area (Å²) in [5, 5.41) is 0.700. The first-order valence-electron chi connectivity index (χ1n) is 13.9. The zero-order chi connectivity index (χ0) is 28.9. The summed E-state index contributed by atoms with van der Waals surface area (Å²) in [4.78, 5) is 25.8. The fraction of sp³-hybridized carbons (Fsp3) is 0.483. The number of nitrogens with one attached hydrogen (secondary N) is 1. The highest BCUT2D eigenvalue weighted by Crippen LogP contribution is 2.55. The molecule has 226 valence electrons. The number of alkyl halides is 1. The smallest absolute Gasteiger partial charge is 0.238 e. The van der Waals surface area contributed by atoms with Gasteiger partial charge in [0.05, 0.1) is 35.7 Å². The van der Waals surface area contributed by atoms with E-state index in [2.05, 4.69) is 19.6 Å². The third kappa shape index (κ3) is 5.51. The lowest BCUT2D eigenvalue weighted by molar-refractivity contribution is -0.125. The Morgan fingerprint density at radius 3 is 2.55 bits per heavy atom. The summed E-state index contributed by atoms with van der Waals surface area (Å²) in [5.41, 5.74) is 2.13. The van der Waals surface area contributed by atoms with Gasteiger partial charge in [0, 0.05) is 61.0 Å². The highest BCUT2D eigenvalue weighted by atomic mass is 35.5. The summed E-state index contributed by atoms with van der Waals surface area (Å²) in [6.45, 7) is 2.43. The number of benzene rings is 1. The molecule has 1 saturated heterocycles. The van der Waals surface area contributed by atoms with Crippen molar-refractivity contribution in [2.75, 3.05) is 49.2 Å². The summed E-state index contributed by atoms with van der Waals surface area (Å²) in [6.07, 6.45) is 7.51. The number of aromatic nitrogens is 2. The predicted octanol–water partition coefficient (Wildman–Crippen LogP) is 4.83. The lowest BCUT2D eigenvalue weighted by Crippen LogP contribution is -2.43. The van der Waals surface area contributed by atoms with Crippen molar-refractivity contribution in [2.24, 2.45) is 0 Å². The molecule has 0 radical (unpaired) electrons. The average molecular weight is 622 g/mol. The van der Waals surface area contributed by atoms with Crippen LogP contribution < -0.4 is 14.4 Å². The van der Waals surface area contributed by atoms with Crippen molar-refractivity contribution in [1.29, 1.82) is 0 Å². The van der Waals surface area contributed by atoms with Gasteiger partial charge in [0.2, 0.25) is 21.8 Å². The second-order valence-corrected chi connectivity index (χ2v) is 13.1. The van der Waals surface area contributed by atoms with Gasteiger partial charge in [0.25, 0.3) is 0 Å². The van der Waals surface area contributed by atoms with Crippen LogP contribution >= 0.6 is 12.4 Å². The van der Waals surface area contributed by atoms with E-state index in [4.69, 9.17) is 4.74 Å². The van der Waals surface area contributed by atoms with Crippen LogP contribution in [0, 0.1) is 5.82 Å². The topological polar surface area (TPSA) is 105 Å². The lowest BCUT2D eigenvalue weighted by atomic mass is 9.64. The van der Waals surface area contributed by atoms with Crippen LogP contribution in [-0.2, 0) is 20.2 Å². The van der Waals surface area contributed by atoms with Crippen molar-refractivity contribution in [3.05, 3.63) is 42.0 Å². The van der Waals surface area contributed by atoms with E-state index in [1.807, 2.05) is 0 Å². The number of fused-ring (bicyclic) bond motifs is 4. The number of likely N-dealkylation sites (tertiary alicyclic amines) is 1. The number of sulfonamides is 1. The van der Waals surface area contributed by atoms with Crippen LogP contribution in [0.5, 0.6) is 5.88 Å². The van der Waals surface area contributed by atoms with E-state index in [0.29, 0.717) is 48.8 Å². The minimum Gasteiger partial charge on any atom is -0.476 e. The van der Waals surface area contributed by atoms with Gasteiger partial charge in [-0.3, -0.25) is 14.5 Å². The Morgan fingerprint density at radius 2 is 1.88 bits per heavy atom. The number of piperidine rings is 1. The first kappa shape index (κ1) is 30.4. The molecular weight excluding hydrogens is 588 g/mol. The average Bonchev–Trinajstić information content (AvgIpc) is 3.14. The maximum atomic E-state index is 15.5. The molecule has 1 aliphatic carbocycles. The van der Waals surface area contributed by atoms with Crippen LogP contribution in [-0.4, -0.2) is 74.9 Å². The summed E-state index contributed by atoms with van der Waals surface area (Å²) < 4.78 is 61.5. The molecule has 2 fully saturated rings. The van der Waals surface area contributed by atoms with Crippen LogP contribution in [0.15, 0.2) is 30.6 Å². The lowest BCUT2D eigenvalue weighted by Gasteiger charge is -2.37. The van der Waals surface area contributed by atoms with Crippen molar-refractivity contribution in [2.45, 2.75) is 50.1 Å². The first-order chi connectivity index (χ1) is 19.6. The highest BCUT2D eigenvalue weighted by Gasteiger charge is 2.54. The number of likely N-dealkylation sites (N-methyl/N-ethyl adjacent to an activating group) is 1. The molecule has 1 saturated carbocycles. The van der Waals surface area contributed by atoms with Crippen molar-refractivity contribution in [1.82, 2.24) is 14.9 Å². The molecule has 2 aliphatic heterocycles. The van der Waals surface area contributed by atoms with E-state index in [9.17, 15) is 17.6 Å². The van der Waals surface area contributed by atoms with Crippen LogP contribution in [0.3, 0.4) is 0 Å². The number of rotatable bonds is 8. The highest BCUT2D eigenvalue weighted by molar-refractivity contribution is 7.92. The maximum Gasteiger partial charge on any atom is 0.238 e. The van der Waals surface area contributed by atoms with Gasteiger partial charge in [0.15, 0.2) is 0 Å². The number of carbonyl (C=O) groups excluding carboxylic acids is 1. The molecule has 6 rings (SSSR count). The predicted molar refractivity (Wildman–Crippen MR) is 160 cm³/mol. The molecule has 2 aromatic heterocycles. The molecule has 1 N–H and O–H groups in total. The zero-order valence-electron chi connectivity index (χ0n) is 23.5. The van der Waals surface area contributed by atoms with Crippen molar-refractivity contribution < 1.29 is 26.7 Å². The standard InChI is InChI=1S/C29H33F2N5O4S.ClH/c1-35-25-17-32-23-15-22(31)20(14-21(23)26(25)29(28(35)37)7-3-8-29)18-13-24(34-41(2,38)39)27(33-16-18)40-12-4-9-36-10-5-19(30)6-11-36;/h13-17,19,34H,3-12H2,1-2H3;1H. The second-order valence-electron chi connectivity index (χ2n) is 11.3. The van der Waals surface area contributed by atoms with E-state index in [1.54, 1.807) is 24.2 Å². The largest absolute Gasteiger partial charge is 0.476 e.